The maximum Gasteiger partial charge on any atom is 0.292 e. The number of nitro benzene ring substituents is 1. The van der Waals surface area contributed by atoms with Crippen molar-refractivity contribution >= 4 is 17.3 Å². The van der Waals surface area contributed by atoms with Gasteiger partial charge in [-0.1, -0.05) is 0 Å². The van der Waals surface area contributed by atoms with Crippen LogP contribution in [0.1, 0.15) is 23.2 Å². The van der Waals surface area contributed by atoms with E-state index < -0.39 is 4.92 Å². The van der Waals surface area contributed by atoms with Gasteiger partial charge in [0.15, 0.2) is 0 Å². The summed E-state index contributed by atoms with van der Waals surface area (Å²) in [7, 11) is 1.64. The number of hydrogen-bond donors (Lipinski definition) is 1. The number of nitrogen functional groups attached to an aromatic ring is 1. The van der Waals surface area contributed by atoms with Crippen molar-refractivity contribution in [1.82, 2.24) is 4.90 Å². The summed E-state index contributed by atoms with van der Waals surface area (Å²) in [6.07, 6.45) is 1.94. The fourth-order valence-corrected chi connectivity index (χ4v) is 2.64. The van der Waals surface area contributed by atoms with Crippen molar-refractivity contribution in [1.29, 1.82) is 0 Å². The summed E-state index contributed by atoms with van der Waals surface area (Å²) in [5.41, 5.74) is 5.68. The quantitative estimate of drug-likeness (QED) is 0.517. The molecule has 21 heavy (non-hydrogen) atoms. The van der Waals surface area contributed by atoms with Crippen LogP contribution in [0.25, 0.3) is 0 Å². The zero-order valence-corrected chi connectivity index (χ0v) is 11.9. The molecule has 114 valence electrons. The fourth-order valence-electron chi connectivity index (χ4n) is 2.64. The number of anilines is 1. The van der Waals surface area contributed by atoms with Crippen LogP contribution in [0.5, 0.6) is 0 Å². The number of nitro groups is 1. The third-order valence-electron chi connectivity index (χ3n) is 3.68. The molecule has 1 fully saturated rings. The van der Waals surface area contributed by atoms with Crippen molar-refractivity contribution < 1.29 is 14.5 Å². The lowest BCUT2D eigenvalue weighted by Gasteiger charge is -2.32. The number of rotatable bonds is 4. The Morgan fingerprint density at radius 3 is 3.00 bits per heavy atom. The van der Waals surface area contributed by atoms with E-state index in [0.717, 1.165) is 12.8 Å². The highest BCUT2D eigenvalue weighted by atomic mass is 16.6. The molecule has 1 aliphatic rings. The van der Waals surface area contributed by atoms with Gasteiger partial charge in [-0.3, -0.25) is 14.9 Å². The first-order chi connectivity index (χ1) is 10.0. The highest BCUT2D eigenvalue weighted by molar-refractivity contribution is 5.95. The zero-order chi connectivity index (χ0) is 15.4. The van der Waals surface area contributed by atoms with E-state index in [9.17, 15) is 14.9 Å². The molecule has 1 heterocycles. The van der Waals surface area contributed by atoms with Crippen LogP contribution in [0.2, 0.25) is 0 Å². The van der Waals surface area contributed by atoms with E-state index in [0.29, 0.717) is 31.2 Å². The van der Waals surface area contributed by atoms with E-state index in [4.69, 9.17) is 10.5 Å². The van der Waals surface area contributed by atoms with Crippen molar-refractivity contribution in [2.75, 3.05) is 32.5 Å². The second-order valence-electron chi connectivity index (χ2n) is 5.25. The van der Waals surface area contributed by atoms with Crippen LogP contribution in [0, 0.1) is 16.0 Å². The number of carbonyl (C=O) groups is 1. The van der Waals surface area contributed by atoms with E-state index in [2.05, 4.69) is 0 Å². The number of nitrogens with two attached hydrogens (primary N) is 1. The van der Waals surface area contributed by atoms with Crippen LogP contribution >= 0.6 is 0 Å². The molecule has 0 radical (unpaired) electrons. The molecular weight excluding hydrogens is 274 g/mol. The van der Waals surface area contributed by atoms with Crippen molar-refractivity contribution in [3.8, 4) is 0 Å². The second kappa shape index (κ2) is 6.53. The third-order valence-corrected chi connectivity index (χ3v) is 3.68. The highest BCUT2D eigenvalue weighted by Crippen LogP contribution is 2.24. The Morgan fingerprint density at radius 2 is 2.33 bits per heavy atom. The number of methoxy groups -OCH3 is 1. The first-order valence-electron chi connectivity index (χ1n) is 6.85. The first kappa shape index (κ1) is 15.2. The van der Waals surface area contributed by atoms with Crippen molar-refractivity contribution in [2.24, 2.45) is 5.92 Å². The molecule has 1 atom stereocenters. The van der Waals surface area contributed by atoms with Gasteiger partial charge in [0.2, 0.25) is 0 Å². The van der Waals surface area contributed by atoms with Crippen LogP contribution in [0.3, 0.4) is 0 Å². The molecule has 7 nitrogen and oxygen atoms in total. The Hall–Kier alpha value is -2.15. The topological polar surface area (TPSA) is 98.7 Å². The average Bonchev–Trinajstić information content (AvgIpc) is 2.47. The van der Waals surface area contributed by atoms with Crippen LogP contribution in [-0.4, -0.2) is 42.5 Å². The van der Waals surface area contributed by atoms with Crippen LogP contribution < -0.4 is 5.73 Å². The summed E-state index contributed by atoms with van der Waals surface area (Å²) >= 11 is 0. The minimum Gasteiger partial charge on any atom is -0.393 e. The maximum atomic E-state index is 12.5. The molecule has 2 rings (SSSR count). The summed E-state index contributed by atoms with van der Waals surface area (Å²) in [5.74, 6) is 0.121. The summed E-state index contributed by atoms with van der Waals surface area (Å²) < 4.78 is 5.14. The number of nitrogens with zero attached hydrogens (tertiary/aromatic N) is 2. The molecule has 0 spiro atoms. The van der Waals surface area contributed by atoms with E-state index in [1.54, 1.807) is 12.0 Å². The number of ether oxygens (including phenoxy) is 1. The predicted molar refractivity (Wildman–Crippen MR) is 78.0 cm³/mol. The lowest BCUT2D eigenvalue weighted by molar-refractivity contribution is -0.383. The molecule has 1 unspecified atom stereocenters. The van der Waals surface area contributed by atoms with E-state index in [-0.39, 0.29) is 17.3 Å². The highest BCUT2D eigenvalue weighted by Gasteiger charge is 2.25. The smallest absolute Gasteiger partial charge is 0.292 e. The van der Waals surface area contributed by atoms with E-state index >= 15 is 0 Å². The van der Waals surface area contributed by atoms with Crippen LogP contribution in [0.15, 0.2) is 18.2 Å². The Kier molecular flexibility index (Phi) is 4.74. The molecule has 0 saturated carbocycles. The van der Waals surface area contributed by atoms with Crippen molar-refractivity contribution in [2.45, 2.75) is 12.8 Å². The van der Waals surface area contributed by atoms with Gasteiger partial charge < -0.3 is 15.4 Å². The summed E-state index contributed by atoms with van der Waals surface area (Å²) in [6.45, 7) is 1.90. The summed E-state index contributed by atoms with van der Waals surface area (Å²) in [4.78, 5) is 24.5. The summed E-state index contributed by atoms with van der Waals surface area (Å²) in [5, 5.41) is 10.9. The average molecular weight is 293 g/mol. The lowest BCUT2D eigenvalue weighted by Crippen LogP contribution is -2.41. The van der Waals surface area contributed by atoms with Crippen LogP contribution in [-0.2, 0) is 4.74 Å². The van der Waals surface area contributed by atoms with Gasteiger partial charge in [-0.25, -0.2) is 0 Å². The number of hydrogen-bond acceptors (Lipinski definition) is 5. The maximum absolute atomic E-state index is 12.5. The molecule has 7 heteroatoms. The van der Waals surface area contributed by atoms with E-state index in [1.807, 2.05) is 0 Å². The number of benzene rings is 1. The molecule has 1 amide bonds. The van der Waals surface area contributed by atoms with Gasteiger partial charge in [-0.15, -0.1) is 0 Å². The zero-order valence-electron chi connectivity index (χ0n) is 11.9. The molecule has 0 aliphatic carbocycles. The van der Waals surface area contributed by atoms with Gasteiger partial charge in [0.05, 0.1) is 11.5 Å². The predicted octanol–water partition coefficient (Wildman–Crippen LogP) is 1.68. The minimum absolute atomic E-state index is 0.0625. The normalized spacial score (nSPS) is 18.5. The number of piperidine rings is 1. The van der Waals surface area contributed by atoms with Crippen molar-refractivity contribution in [3.63, 3.8) is 0 Å². The minimum atomic E-state index is -0.573. The van der Waals surface area contributed by atoms with Crippen LogP contribution in [0.4, 0.5) is 11.4 Å². The van der Waals surface area contributed by atoms with Gasteiger partial charge in [0.25, 0.3) is 11.6 Å². The molecule has 1 aromatic carbocycles. The van der Waals surface area contributed by atoms with Gasteiger partial charge in [-0.05, 0) is 30.9 Å². The Morgan fingerprint density at radius 1 is 1.57 bits per heavy atom. The molecule has 1 aliphatic heterocycles. The van der Waals surface area contributed by atoms with Gasteiger partial charge in [-0.2, -0.15) is 0 Å². The standard InChI is InChI=1S/C14H19N3O4/c1-21-9-10-3-2-6-16(8-10)14(18)11-4-5-12(15)13(7-11)17(19)20/h4-5,7,10H,2-3,6,8-9,15H2,1H3. The monoisotopic (exact) mass is 293 g/mol. The Balaban J connectivity index is 2.16. The molecule has 1 aromatic rings. The van der Waals surface area contributed by atoms with Gasteiger partial charge in [0, 0.05) is 31.8 Å². The first-order valence-corrected chi connectivity index (χ1v) is 6.85. The molecule has 2 N–H and O–H groups in total. The molecule has 0 aromatic heterocycles. The third kappa shape index (κ3) is 3.49. The number of amides is 1. The number of carbonyl (C=O) groups excluding carboxylic acids is 1. The SMILES string of the molecule is COCC1CCCN(C(=O)c2ccc(N)c([N+](=O)[O-])c2)C1. The molecule has 0 bridgehead atoms. The Bertz CT molecular complexity index is 545. The number of likely N-dealkylation sites (tertiary alicyclic amines) is 1. The Labute approximate surface area is 122 Å². The van der Waals surface area contributed by atoms with E-state index in [1.165, 1.54) is 18.2 Å². The van der Waals surface area contributed by atoms with Gasteiger partial charge >= 0.3 is 0 Å². The fraction of sp³-hybridized carbons (Fsp3) is 0.500. The molecule has 1 saturated heterocycles. The second-order valence-corrected chi connectivity index (χ2v) is 5.25. The summed E-state index contributed by atoms with van der Waals surface area (Å²) in [6, 6.07) is 4.18. The van der Waals surface area contributed by atoms with Gasteiger partial charge in [0.1, 0.15) is 5.69 Å². The lowest BCUT2D eigenvalue weighted by atomic mass is 9.98. The van der Waals surface area contributed by atoms with Crippen molar-refractivity contribution in [3.05, 3.63) is 33.9 Å². The largest absolute Gasteiger partial charge is 0.393 e. The molecular formula is C14H19N3O4.